The van der Waals surface area contributed by atoms with Crippen LogP contribution in [0, 0.1) is 10.1 Å². The van der Waals surface area contributed by atoms with Crippen LogP contribution in [-0.2, 0) is 10.0 Å². The summed E-state index contributed by atoms with van der Waals surface area (Å²) in [6, 6.07) is 24.9. The molecule has 0 aliphatic carbocycles. The summed E-state index contributed by atoms with van der Waals surface area (Å²) in [7, 11) is -4.15. The zero-order valence-electron chi connectivity index (χ0n) is 18.1. The van der Waals surface area contributed by atoms with E-state index in [4.69, 9.17) is 0 Å². The number of nitro benzene ring substituents is 1. The molecule has 0 heterocycles. The van der Waals surface area contributed by atoms with Gasteiger partial charge in [-0.3, -0.25) is 19.6 Å². The minimum Gasteiger partial charge on any atom is -0.506 e. The van der Waals surface area contributed by atoms with Crippen LogP contribution in [0.2, 0.25) is 0 Å². The van der Waals surface area contributed by atoms with Gasteiger partial charge < -0.3 is 10.4 Å². The molecule has 10 heteroatoms. The average Bonchev–Trinajstić information content (AvgIpc) is 2.86. The lowest BCUT2D eigenvalue weighted by molar-refractivity contribution is -0.384. The second-order valence-corrected chi connectivity index (χ2v) is 9.17. The van der Waals surface area contributed by atoms with E-state index in [0.717, 1.165) is 35.4 Å². The lowest BCUT2D eigenvalue weighted by Gasteiger charge is -2.12. The zero-order chi connectivity index (χ0) is 25.0. The molecule has 35 heavy (non-hydrogen) atoms. The lowest BCUT2D eigenvalue weighted by atomic mass is 10.0. The average molecular weight is 490 g/mol. The van der Waals surface area contributed by atoms with E-state index in [1.54, 1.807) is 12.1 Å². The number of benzene rings is 4. The molecule has 0 saturated heterocycles. The molecule has 3 N–H and O–H groups in total. The predicted octanol–water partition coefficient (Wildman–Crippen LogP) is 5.02. The van der Waals surface area contributed by atoms with Crippen LogP contribution in [0.3, 0.4) is 0 Å². The summed E-state index contributed by atoms with van der Waals surface area (Å²) in [5.41, 5.74) is 2.19. The molecule has 0 aliphatic heterocycles. The van der Waals surface area contributed by atoms with Crippen molar-refractivity contribution in [3.63, 3.8) is 0 Å². The third-order valence-electron chi connectivity index (χ3n) is 5.11. The third-order valence-corrected chi connectivity index (χ3v) is 6.49. The van der Waals surface area contributed by atoms with Gasteiger partial charge in [-0.15, -0.1) is 0 Å². The summed E-state index contributed by atoms with van der Waals surface area (Å²) < 4.78 is 27.6. The molecule has 0 aromatic heterocycles. The Morgan fingerprint density at radius 3 is 2.09 bits per heavy atom. The monoisotopic (exact) mass is 489 g/mol. The highest BCUT2D eigenvalue weighted by Gasteiger charge is 2.18. The van der Waals surface area contributed by atoms with Crippen molar-refractivity contribution in [1.29, 1.82) is 0 Å². The van der Waals surface area contributed by atoms with E-state index in [0.29, 0.717) is 5.56 Å². The Labute approximate surface area is 200 Å². The molecule has 0 bridgehead atoms. The number of nitrogens with one attached hydrogen (secondary N) is 2. The van der Waals surface area contributed by atoms with Gasteiger partial charge in [0.05, 0.1) is 15.5 Å². The van der Waals surface area contributed by atoms with Crippen molar-refractivity contribution >= 4 is 33.0 Å². The van der Waals surface area contributed by atoms with Crippen LogP contribution in [0.15, 0.2) is 102 Å². The SMILES string of the molecule is O=C(Nc1ccc(O)c(NS(=O)(=O)c2ccc([N+](=O)[O-])cc2)c1)c1ccc(-c2ccccc2)cc1. The number of nitrogens with zero attached hydrogens (tertiary/aromatic N) is 1. The van der Waals surface area contributed by atoms with Gasteiger partial charge in [0.25, 0.3) is 21.6 Å². The molecule has 176 valence electrons. The number of nitro groups is 1. The minimum atomic E-state index is -4.15. The van der Waals surface area contributed by atoms with Gasteiger partial charge >= 0.3 is 0 Å². The molecule has 4 aromatic rings. The van der Waals surface area contributed by atoms with Crippen molar-refractivity contribution in [1.82, 2.24) is 0 Å². The Morgan fingerprint density at radius 1 is 0.829 bits per heavy atom. The summed E-state index contributed by atoms with van der Waals surface area (Å²) in [5.74, 6) is -0.778. The van der Waals surface area contributed by atoms with Crippen molar-refractivity contribution in [3.05, 3.63) is 113 Å². The van der Waals surface area contributed by atoms with E-state index >= 15 is 0 Å². The van der Waals surface area contributed by atoms with Crippen molar-refractivity contribution in [2.45, 2.75) is 4.90 Å². The molecule has 9 nitrogen and oxygen atoms in total. The van der Waals surface area contributed by atoms with Crippen LogP contribution in [0.5, 0.6) is 5.75 Å². The maximum atomic E-state index is 12.7. The molecule has 0 atom stereocenters. The summed E-state index contributed by atoms with van der Waals surface area (Å²) >= 11 is 0. The van der Waals surface area contributed by atoms with E-state index in [2.05, 4.69) is 10.0 Å². The summed E-state index contributed by atoms with van der Waals surface area (Å²) in [4.78, 5) is 22.6. The number of anilines is 2. The third kappa shape index (κ3) is 5.45. The number of sulfonamides is 1. The number of carbonyl (C=O) groups excluding carboxylic acids is 1. The maximum Gasteiger partial charge on any atom is 0.269 e. The highest BCUT2D eigenvalue weighted by molar-refractivity contribution is 7.92. The van der Waals surface area contributed by atoms with Crippen LogP contribution in [0.1, 0.15) is 10.4 Å². The summed E-state index contributed by atoms with van der Waals surface area (Å²) in [6.45, 7) is 0. The van der Waals surface area contributed by atoms with Crippen molar-refractivity contribution < 1.29 is 23.2 Å². The standard InChI is InChI=1S/C25H19N3O6S/c29-24-15-10-20(16-23(24)27-35(33,34)22-13-11-21(12-14-22)28(31)32)26-25(30)19-8-6-18(7-9-19)17-4-2-1-3-5-17/h1-16,27,29H,(H,26,30). The molecular formula is C25H19N3O6S. The Kier molecular flexibility index (Phi) is 6.47. The number of amides is 1. The van der Waals surface area contributed by atoms with Gasteiger partial charge in [0, 0.05) is 23.4 Å². The van der Waals surface area contributed by atoms with Crippen LogP contribution in [0.4, 0.5) is 17.1 Å². The van der Waals surface area contributed by atoms with E-state index in [1.807, 2.05) is 42.5 Å². The normalized spacial score (nSPS) is 11.0. The number of aromatic hydroxyl groups is 1. The van der Waals surface area contributed by atoms with Crippen molar-refractivity contribution in [2.75, 3.05) is 10.0 Å². The van der Waals surface area contributed by atoms with E-state index in [-0.39, 0.29) is 27.7 Å². The summed E-state index contributed by atoms with van der Waals surface area (Å²) in [6.07, 6.45) is 0. The van der Waals surface area contributed by atoms with Gasteiger partial charge in [-0.2, -0.15) is 0 Å². The second-order valence-electron chi connectivity index (χ2n) is 7.49. The smallest absolute Gasteiger partial charge is 0.269 e. The van der Waals surface area contributed by atoms with Crippen molar-refractivity contribution in [3.8, 4) is 16.9 Å². The van der Waals surface area contributed by atoms with E-state index in [1.165, 1.54) is 18.2 Å². The minimum absolute atomic E-state index is 0.166. The van der Waals surface area contributed by atoms with Gasteiger partial charge in [0.1, 0.15) is 5.75 Å². The highest BCUT2D eigenvalue weighted by Crippen LogP contribution is 2.30. The first-order valence-corrected chi connectivity index (χ1v) is 11.8. The predicted molar refractivity (Wildman–Crippen MR) is 132 cm³/mol. The van der Waals surface area contributed by atoms with E-state index < -0.39 is 20.9 Å². The van der Waals surface area contributed by atoms with Crippen LogP contribution < -0.4 is 10.0 Å². The molecular weight excluding hydrogens is 470 g/mol. The van der Waals surface area contributed by atoms with Gasteiger partial charge in [-0.1, -0.05) is 42.5 Å². The number of phenolic OH excluding ortho intramolecular Hbond substituents is 1. The van der Waals surface area contributed by atoms with Gasteiger partial charge in [-0.05, 0) is 53.6 Å². The molecule has 0 unspecified atom stereocenters. The Morgan fingerprint density at radius 2 is 1.46 bits per heavy atom. The Balaban J connectivity index is 1.50. The largest absolute Gasteiger partial charge is 0.506 e. The number of hydrogen-bond donors (Lipinski definition) is 3. The van der Waals surface area contributed by atoms with Crippen molar-refractivity contribution in [2.24, 2.45) is 0 Å². The fraction of sp³-hybridized carbons (Fsp3) is 0. The molecule has 0 saturated carbocycles. The quantitative estimate of drug-likeness (QED) is 0.144. The molecule has 4 rings (SSSR count). The fourth-order valence-electron chi connectivity index (χ4n) is 3.29. The molecule has 4 aromatic carbocycles. The number of non-ortho nitro benzene ring substituents is 1. The first kappa shape index (κ1) is 23.5. The number of rotatable bonds is 7. The van der Waals surface area contributed by atoms with Crippen LogP contribution in [0.25, 0.3) is 11.1 Å². The fourth-order valence-corrected chi connectivity index (χ4v) is 4.36. The molecule has 0 aliphatic rings. The number of hydrogen-bond acceptors (Lipinski definition) is 6. The summed E-state index contributed by atoms with van der Waals surface area (Å²) in [5, 5.41) is 23.6. The van der Waals surface area contributed by atoms with Gasteiger partial charge in [0.15, 0.2) is 0 Å². The topological polar surface area (TPSA) is 139 Å². The first-order valence-electron chi connectivity index (χ1n) is 10.3. The molecule has 0 fully saturated rings. The highest BCUT2D eigenvalue weighted by atomic mass is 32.2. The Hall–Kier alpha value is -4.70. The Bertz CT molecular complexity index is 1490. The maximum absolute atomic E-state index is 12.7. The zero-order valence-corrected chi connectivity index (χ0v) is 18.9. The van der Waals surface area contributed by atoms with Crippen LogP contribution in [-0.4, -0.2) is 24.4 Å². The first-order chi connectivity index (χ1) is 16.7. The molecule has 1 amide bonds. The number of carbonyl (C=O) groups is 1. The molecule has 0 radical (unpaired) electrons. The van der Waals surface area contributed by atoms with Gasteiger partial charge in [0.2, 0.25) is 0 Å². The lowest BCUT2D eigenvalue weighted by Crippen LogP contribution is -2.14. The second kappa shape index (κ2) is 9.65. The van der Waals surface area contributed by atoms with Crippen LogP contribution >= 0.6 is 0 Å². The molecule has 0 spiro atoms. The number of phenols is 1. The van der Waals surface area contributed by atoms with Gasteiger partial charge in [-0.25, -0.2) is 8.42 Å². The van der Waals surface area contributed by atoms with E-state index in [9.17, 15) is 28.4 Å².